The summed E-state index contributed by atoms with van der Waals surface area (Å²) in [5, 5.41) is 10.1. The molecule has 0 aliphatic heterocycles. The van der Waals surface area contributed by atoms with Crippen LogP contribution in [0.15, 0.2) is 36.4 Å². The lowest BCUT2D eigenvalue weighted by Gasteiger charge is -2.12. The number of aryl methyl sites for hydroxylation is 1. The first-order valence-electron chi connectivity index (χ1n) is 9.28. The third-order valence-electron chi connectivity index (χ3n) is 5.16. The molecule has 1 aliphatic carbocycles. The number of nitrogens with one attached hydrogen (secondary N) is 2. The Bertz CT molecular complexity index is 1230. The van der Waals surface area contributed by atoms with Crippen molar-refractivity contribution in [3.05, 3.63) is 64.9 Å². The summed E-state index contributed by atoms with van der Waals surface area (Å²) in [5.74, 6) is -0.195. The van der Waals surface area contributed by atoms with Gasteiger partial charge in [-0.3, -0.25) is 5.10 Å². The van der Waals surface area contributed by atoms with Crippen LogP contribution in [-0.2, 0) is 19.5 Å². The van der Waals surface area contributed by atoms with Crippen molar-refractivity contribution in [2.24, 2.45) is 0 Å². The van der Waals surface area contributed by atoms with Crippen LogP contribution >= 0.6 is 0 Å². The fourth-order valence-electron chi connectivity index (χ4n) is 3.76. The summed E-state index contributed by atoms with van der Waals surface area (Å²) < 4.78 is 41.1. The van der Waals surface area contributed by atoms with Gasteiger partial charge >= 0.3 is 0 Å². The number of anilines is 2. The molecule has 4 aromatic rings. The van der Waals surface area contributed by atoms with Crippen molar-refractivity contribution in [1.82, 2.24) is 20.2 Å². The summed E-state index contributed by atoms with van der Waals surface area (Å²) in [6, 6.07) is 9.08. The number of benzene rings is 2. The Hall–Kier alpha value is -3.42. The van der Waals surface area contributed by atoms with Gasteiger partial charge in [-0.1, -0.05) is 24.3 Å². The van der Waals surface area contributed by atoms with Crippen LogP contribution in [0.3, 0.4) is 0 Å². The number of H-pyrrole nitrogens is 1. The molecule has 5 rings (SSSR count). The second-order valence-electron chi connectivity index (χ2n) is 6.97. The van der Waals surface area contributed by atoms with Crippen LogP contribution in [0.25, 0.3) is 22.3 Å². The summed E-state index contributed by atoms with van der Waals surface area (Å²) in [5.41, 5.74) is 3.08. The van der Waals surface area contributed by atoms with Crippen LogP contribution in [0.2, 0.25) is 0 Å². The summed E-state index contributed by atoms with van der Waals surface area (Å²) >= 11 is 0. The maximum absolute atomic E-state index is 14.0. The van der Waals surface area contributed by atoms with E-state index in [1.807, 2.05) is 6.07 Å². The molecule has 0 saturated carbocycles. The lowest BCUT2D eigenvalue weighted by atomic mass is 10.1. The number of fused-ring (bicyclic) bond motifs is 2. The highest BCUT2D eigenvalue weighted by Crippen LogP contribution is 2.33. The molecule has 29 heavy (non-hydrogen) atoms. The summed E-state index contributed by atoms with van der Waals surface area (Å²) in [4.78, 5) is 9.27. The van der Waals surface area contributed by atoms with Gasteiger partial charge in [0, 0.05) is 22.9 Å². The molecule has 2 heterocycles. The first kappa shape index (κ1) is 17.7. The zero-order chi connectivity index (χ0) is 20.0. The minimum atomic E-state index is -0.717. The summed E-state index contributed by atoms with van der Waals surface area (Å²) in [6.07, 6.45) is 2.51. The van der Waals surface area contributed by atoms with Gasteiger partial charge in [-0.05, 0) is 30.9 Å². The Labute approximate surface area is 164 Å². The number of alkyl halides is 1. The molecule has 0 spiro atoms. The van der Waals surface area contributed by atoms with E-state index in [2.05, 4.69) is 25.5 Å². The Balaban J connectivity index is 1.63. The molecule has 2 aromatic heterocycles. The van der Waals surface area contributed by atoms with Crippen LogP contribution in [0.5, 0.6) is 0 Å². The maximum Gasteiger partial charge on any atom is 0.162 e. The highest BCUT2D eigenvalue weighted by Gasteiger charge is 2.22. The molecule has 0 unspecified atom stereocenters. The van der Waals surface area contributed by atoms with Gasteiger partial charge in [0.2, 0.25) is 0 Å². The largest absolute Gasteiger partial charge is 0.323 e. The lowest BCUT2D eigenvalue weighted by Crippen LogP contribution is -2.05. The Morgan fingerprint density at radius 2 is 1.90 bits per heavy atom. The van der Waals surface area contributed by atoms with Crippen molar-refractivity contribution in [2.45, 2.75) is 25.9 Å². The minimum absolute atomic E-state index is 0.114. The fourth-order valence-corrected chi connectivity index (χ4v) is 3.76. The normalized spacial score (nSPS) is 13.1. The zero-order valence-electron chi connectivity index (χ0n) is 15.3. The van der Waals surface area contributed by atoms with Gasteiger partial charge in [0.15, 0.2) is 17.5 Å². The number of aromatic nitrogens is 4. The first-order valence-corrected chi connectivity index (χ1v) is 9.28. The molecule has 0 saturated heterocycles. The number of hydrogen-bond acceptors (Lipinski definition) is 4. The quantitative estimate of drug-likeness (QED) is 0.510. The SMILES string of the molecule is FCc1ccccc1-c1nc2c(c(Nc3n[nH]c4c(F)cc(F)cc34)n1)CCC2. The molecule has 0 bridgehead atoms. The molecule has 0 atom stereocenters. The van der Waals surface area contributed by atoms with Crippen molar-refractivity contribution in [3.63, 3.8) is 0 Å². The molecule has 146 valence electrons. The fraction of sp³-hybridized carbons (Fsp3) is 0.190. The molecule has 2 aromatic carbocycles. The van der Waals surface area contributed by atoms with E-state index in [0.29, 0.717) is 28.2 Å². The van der Waals surface area contributed by atoms with Gasteiger partial charge in [-0.15, -0.1) is 0 Å². The molecule has 8 heteroatoms. The van der Waals surface area contributed by atoms with Crippen LogP contribution in [-0.4, -0.2) is 20.2 Å². The highest BCUT2D eigenvalue weighted by atomic mass is 19.1. The third kappa shape index (κ3) is 3.00. The lowest BCUT2D eigenvalue weighted by molar-refractivity contribution is 0.486. The number of hydrogen-bond donors (Lipinski definition) is 2. The van der Waals surface area contributed by atoms with E-state index in [-0.39, 0.29) is 11.3 Å². The van der Waals surface area contributed by atoms with Crippen molar-refractivity contribution in [2.75, 3.05) is 5.32 Å². The van der Waals surface area contributed by atoms with Gasteiger partial charge in [-0.2, -0.15) is 5.10 Å². The monoisotopic (exact) mass is 395 g/mol. The van der Waals surface area contributed by atoms with Crippen molar-refractivity contribution in [3.8, 4) is 11.4 Å². The van der Waals surface area contributed by atoms with Crippen LogP contribution in [0.1, 0.15) is 23.2 Å². The van der Waals surface area contributed by atoms with Crippen LogP contribution < -0.4 is 5.32 Å². The standard InChI is InChI=1S/C21H16F3N5/c22-10-11-4-1-2-5-13(11)19-25-17-7-3-6-14(17)20(26-19)27-21-15-8-12(23)9-16(24)18(15)28-29-21/h1-2,4-5,8-9H,3,6-7,10H2,(H2,25,26,27,28,29). The molecule has 0 radical (unpaired) electrons. The second kappa shape index (κ2) is 6.88. The molecule has 0 amide bonds. The van der Waals surface area contributed by atoms with Gasteiger partial charge in [0.25, 0.3) is 0 Å². The summed E-state index contributed by atoms with van der Waals surface area (Å²) in [7, 11) is 0. The van der Waals surface area contributed by atoms with Gasteiger partial charge in [-0.25, -0.2) is 23.1 Å². The van der Waals surface area contributed by atoms with Crippen molar-refractivity contribution in [1.29, 1.82) is 0 Å². The minimum Gasteiger partial charge on any atom is -0.323 e. The zero-order valence-corrected chi connectivity index (χ0v) is 15.3. The average Bonchev–Trinajstić information content (AvgIpc) is 3.35. The maximum atomic E-state index is 14.0. The molecular formula is C21H16F3N5. The van der Waals surface area contributed by atoms with Gasteiger partial charge < -0.3 is 5.32 Å². The van der Waals surface area contributed by atoms with Crippen molar-refractivity contribution >= 4 is 22.5 Å². The van der Waals surface area contributed by atoms with Gasteiger partial charge in [0.1, 0.15) is 23.8 Å². The van der Waals surface area contributed by atoms with E-state index >= 15 is 0 Å². The molecule has 2 N–H and O–H groups in total. The highest BCUT2D eigenvalue weighted by molar-refractivity contribution is 5.91. The average molecular weight is 395 g/mol. The molecule has 5 nitrogen and oxygen atoms in total. The third-order valence-corrected chi connectivity index (χ3v) is 5.16. The van der Waals surface area contributed by atoms with E-state index in [1.165, 1.54) is 6.07 Å². The van der Waals surface area contributed by atoms with Crippen LogP contribution in [0.4, 0.5) is 24.8 Å². The number of nitrogens with zero attached hydrogens (tertiary/aromatic N) is 3. The predicted octanol–water partition coefficient (Wildman–Crippen LogP) is 5.00. The van der Waals surface area contributed by atoms with E-state index in [9.17, 15) is 13.2 Å². The van der Waals surface area contributed by atoms with Crippen LogP contribution in [0, 0.1) is 11.6 Å². The van der Waals surface area contributed by atoms with E-state index < -0.39 is 18.3 Å². The second-order valence-corrected chi connectivity index (χ2v) is 6.97. The number of halogens is 3. The predicted molar refractivity (Wildman–Crippen MR) is 104 cm³/mol. The van der Waals surface area contributed by atoms with E-state index in [0.717, 1.165) is 36.6 Å². The Morgan fingerprint density at radius 1 is 1.03 bits per heavy atom. The molecular weight excluding hydrogens is 379 g/mol. The number of rotatable bonds is 4. The molecule has 0 fully saturated rings. The smallest absolute Gasteiger partial charge is 0.162 e. The summed E-state index contributed by atoms with van der Waals surface area (Å²) in [6.45, 7) is -0.623. The first-order chi connectivity index (χ1) is 14.1. The topological polar surface area (TPSA) is 66.5 Å². The Kier molecular flexibility index (Phi) is 4.19. The van der Waals surface area contributed by atoms with Gasteiger partial charge in [0.05, 0.1) is 5.39 Å². The van der Waals surface area contributed by atoms with E-state index in [1.54, 1.807) is 18.2 Å². The van der Waals surface area contributed by atoms with E-state index in [4.69, 9.17) is 0 Å². The van der Waals surface area contributed by atoms with Crippen molar-refractivity contribution < 1.29 is 13.2 Å². The molecule has 1 aliphatic rings. The Morgan fingerprint density at radius 3 is 2.76 bits per heavy atom. The number of aromatic amines is 1.